The quantitative estimate of drug-likeness (QED) is 0.487. The molecule has 0 saturated carbocycles. The average molecular weight is 304 g/mol. The number of sulfone groups is 1. The Balaban J connectivity index is 2.46. The average Bonchev–Trinajstić information content (AvgIpc) is 2.94. The van der Waals surface area contributed by atoms with Crippen LogP contribution in [0.5, 0.6) is 0 Å². The van der Waals surface area contributed by atoms with Crippen molar-refractivity contribution < 1.29 is 17.8 Å². The van der Waals surface area contributed by atoms with Crippen molar-refractivity contribution >= 4 is 21.8 Å². The number of nitro groups is 1. The van der Waals surface area contributed by atoms with Gasteiger partial charge in [0.15, 0.2) is 4.91 Å². The molecule has 0 aliphatic heterocycles. The highest BCUT2D eigenvalue weighted by atomic mass is 32.2. The van der Waals surface area contributed by atoms with Gasteiger partial charge < -0.3 is 4.42 Å². The molecule has 21 heavy (non-hydrogen) atoms. The minimum atomic E-state index is -3.99. The van der Waals surface area contributed by atoms with Crippen LogP contribution in [0.15, 0.2) is 56.7 Å². The molecule has 0 atom stereocenters. The van der Waals surface area contributed by atoms with Crippen molar-refractivity contribution in [2.45, 2.75) is 4.90 Å². The summed E-state index contributed by atoms with van der Waals surface area (Å²) in [5, 5.41) is 19.5. The molecule has 0 aliphatic carbocycles. The largest absolute Gasteiger partial charge is 0.433 e. The van der Waals surface area contributed by atoms with E-state index in [1.807, 2.05) is 0 Å². The molecule has 0 N–H and O–H groups in total. The van der Waals surface area contributed by atoms with E-state index in [1.54, 1.807) is 12.1 Å². The van der Waals surface area contributed by atoms with E-state index in [1.165, 1.54) is 30.3 Å². The predicted molar refractivity (Wildman–Crippen MR) is 72.6 cm³/mol. The van der Waals surface area contributed by atoms with Crippen LogP contribution in [-0.2, 0) is 9.84 Å². The van der Waals surface area contributed by atoms with Gasteiger partial charge in [0.1, 0.15) is 16.8 Å². The molecule has 0 spiro atoms. The minimum absolute atomic E-state index is 0.0427. The van der Waals surface area contributed by atoms with Gasteiger partial charge >= 0.3 is 5.88 Å². The topological polar surface area (TPSA) is 114 Å². The van der Waals surface area contributed by atoms with Crippen LogP contribution in [-0.4, -0.2) is 13.3 Å². The Morgan fingerprint density at radius 1 is 1.24 bits per heavy atom. The molecule has 2 rings (SSSR count). The minimum Gasteiger partial charge on any atom is -0.401 e. The number of rotatable bonds is 4. The predicted octanol–water partition coefficient (Wildman–Crippen LogP) is 2.53. The molecule has 106 valence electrons. The monoisotopic (exact) mass is 304 g/mol. The van der Waals surface area contributed by atoms with Gasteiger partial charge in [0, 0.05) is 6.08 Å². The number of nitriles is 1. The van der Waals surface area contributed by atoms with Gasteiger partial charge in [-0.25, -0.2) is 8.42 Å². The number of hydrogen-bond donors (Lipinski definition) is 0. The Bertz CT molecular complexity index is 844. The van der Waals surface area contributed by atoms with E-state index < -0.39 is 25.5 Å². The first-order chi connectivity index (χ1) is 9.95. The molecule has 0 unspecified atom stereocenters. The fraction of sp³-hybridized carbons (Fsp3) is 0. The molecule has 1 heterocycles. The molecule has 1 aromatic heterocycles. The lowest BCUT2D eigenvalue weighted by Crippen LogP contribution is -2.03. The molecule has 7 nitrogen and oxygen atoms in total. The van der Waals surface area contributed by atoms with Crippen molar-refractivity contribution in [1.29, 1.82) is 5.26 Å². The first-order valence-corrected chi connectivity index (χ1v) is 7.09. The zero-order valence-corrected chi connectivity index (χ0v) is 11.3. The van der Waals surface area contributed by atoms with Gasteiger partial charge in [-0.15, -0.1) is 0 Å². The lowest BCUT2D eigenvalue weighted by Gasteiger charge is -2.01. The van der Waals surface area contributed by atoms with Crippen LogP contribution in [0.3, 0.4) is 0 Å². The maximum Gasteiger partial charge on any atom is 0.433 e. The summed E-state index contributed by atoms with van der Waals surface area (Å²) in [6, 6.07) is 11.3. The van der Waals surface area contributed by atoms with Gasteiger partial charge in [-0.05, 0) is 18.2 Å². The van der Waals surface area contributed by atoms with E-state index >= 15 is 0 Å². The fourth-order valence-corrected chi connectivity index (χ4v) is 2.70. The summed E-state index contributed by atoms with van der Waals surface area (Å²) in [5.41, 5.74) is 0. The molecular weight excluding hydrogens is 296 g/mol. The van der Waals surface area contributed by atoms with Crippen LogP contribution in [0.25, 0.3) is 6.08 Å². The van der Waals surface area contributed by atoms with Gasteiger partial charge in [-0.2, -0.15) is 5.26 Å². The van der Waals surface area contributed by atoms with Crippen LogP contribution < -0.4 is 0 Å². The van der Waals surface area contributed by atoms with Crippen LogP contribution in [0, 0.1) is 21.4 Å². The molecule has 0 aliphatic rings. The maximum absolute atomic E-state index is 12.2. The van der Waals surface area contributed by atoms with Crippen LogP contribution in [0.1, 0.15) is 5.76 Å². The molecular formula is C13H8N2O5S. The first kappa shape index (κ1) is 14.5. The number of benzene rings is 1. The van der Waals surface area contributed by atoms with Gasteiger partial charge in [0.25, 0.3) is 0 Å². The van der Waals surface area contributed by atoms with Crippen LogP contribution in [0.2, 0.25) is 0 Å². The second-order valence-electron chi connectivity index (χ2n) is 3.87. The highest BCUT2D eigenvalue weighted by Crippen LogP contribution is 2.23. The first-order valence-electron chi connectivity index (χ1n) is 5.61. The van der Waals surface area contributed by atoms with E-state index in [0.717, 1.165) is 12.1 Å². The van der Waals surface area contributed by atoms with Crippen molar-refractivity contribution in [2.24, 2.45) is 0 Å². The Labute approximate surface area is 119 Å². The Morgan fingerprint density at radius 2 is 1.90 bits per heavy atom. The van der Waals surface area contributed by atoms with E-state index in [0.29, 0.717) is 0 Å². The molecule has 0 amide bonds. The van der Waals surface area contributed by atoms with Crippen molar-refractivity contribution in [3.8, 4) is 6.07 Å². The van der Waals surface area contributed by atoms with E-state index in [-0.39, 0.29) is 10.7 Å². The third-order valence-electron chi connectivity index (χ3n) is 2.52. The molecule has 0 fully saturated rings. The summed E-state index contributed by atoms with van der Waals surface area (Å²) in [6.45, 7) is 0. The van der Waals surface area contributed by atoms with Crippen molar-refractivity contribution in [1.82, 2.24) is 0 Å². The highest BCUT2D eigenvalue weighted by Gasteiger charge is 2.21. The number of allylic oxidation sites excluding steroid dienone is 1. The Hall–Kier alpha value is -2.92. The van der Waals surface area contributed by atoms with E-state index in [2.05, 4.69) is 0 Å². The second-order valence-corrected chi connectivity index (χ2v) is 5.79. The number of furan rings is 1. The molecule has 0 saturated heterocycles. The molecule has 2 aromatic rings. The lowest BCUT2D eigenvalue weighted by atomic mass is 10.4. The van der Waals surface area contributed by atoms with Crippen molar-refractivity contribution in [3.63, 3.8) is 0 Å². The van der Waals surface area contributed by atoms with E-state index in [4.69, 9.17) is 9.68 Å². The summed E-state index contributed by atoms with van der Waals surface area (Å²) in [6.07, 6.45) is 0.954. The summed E-state index contributed by atoms with van der Waals surface area (Å²) in [4.78, 5) is 9.14. The van der Waals surface area contributed by atoms with Crippen molar-refractivity contribution in [2.75, 3.05) is 0 Å². The van der Waals surface area contributed by atoms with Gasteiger partial charge in [-0.1, -0.05) is 18.2 Å². The summed E-state index contributed by atoms with van der Waals surface area (Å²) < 4.78 is 29.3. The SMILES string of the molecule is N#CC(=Cc1ccc([N+](=O)[O-])o1)S(=O)(=O)c1ccccc1. The van der Waals surface area contributed by atoms with E-state index in [9.17, 15) is 18.5 Å². The van der Waals surface area contributed by atoms with Gasteiger partial charge in [-0.3, -0.25) is 10.1 Å². The molecule has 0 radical (unpaired) electrons. The van der Waals surface area contributed by atoms with Crippen LogP contribution in [0.4, 0.5) is 5.88 Å². The normalized spacial score (nSPS) is 11.9. The highest BCUT2D eigenvalue weighted by molar-refractivity contribution is 7.95. The lowest BCUT2D eigenvalue weighted by molar-refractivity contribution is -0.402. The molecule has 8 heteroatoms. The number of nitrogens with zero attached hydrogens (tertiary/aromatic N) is 2. The second kappa shape index (κ2) is 5.60. The third kappa shape index (κ3) is 2.98. The number of hydrogen-bond acceptors (Lipinski definition) is 6. The summed E-state index contributed by atoms with van der Waals surface area (Å²) in [5.74, 6) is -0.617. The summed E-state index contributed by atoms with van der Waals surface area (Å²) >= 11 is 0. The third-order valence-corrected chi connectivity index (χ3v) is 4.20. The zero-order chi connectivity index (χ0) is 15.5. The van der Waals surface area contributed by atoms with Crippen LogP contribution >= 0.6 is 0 Å². The fourth-order valence-electron chi connectivity index (χ4n) is 1.54. The van der Waals surface area contributed by atoms with Crippen molar-refractivity contribution in [3.05, 3.63) is 63.2 Å². The Morgan fingerprint density at radius 3 is 2.43 bits per heavy atom. The van der Waals surface area contributed by atoms with Gasteiger partial charge in [0.05, 0.1) is 11.0 Å². The Kier molecular flexibility index (Phi) is 3.86. The maximum atomic E-state index is 12.2. The standard InChI is InChI=1S/C13H8N2O5S/c14-9-12(8-10-6-7-13(20-10)15(16)17)21(18,19)11-4-2-1-3-5-11/h1-8H. The smallest absolute Gasteiger partial charge is 0.401 e. The molecule has 1 aromatic carbocycles. The van der Waals surface area contributed by atoms with Gasteiger partial charge in [0.2, 0.25) is 9.84 Å². The zero-order valence-electron chi connectivity index (χ0n) is 10.5. The molecule has 0 bridgehead atoms. The summed E-state index contributed by atoms with van der Waals surface area (Å²) in [7, 11) is -3.99.